The molecule has 0 heterocycles. The zero-order chi connectivity index (χ0) is 13.6. The Morgan fingerprint density at radius 1 is 1.08 bits per heavy atom. The van der Waals surface area contributed by atoms with Gasteiger partial charge >= 0.3 is 0 Å². The SMILES string of the molecule is [2H]C([2H])([2H])c1ccc2c(C([2H])([2H])[2H])cccc2c1. The molecule has 12 heavy (non-hydrogen) atoms. The fraction of sp³-hybridized carbons (Fsp3) is 0.167. The van der Waals surface area contributed by atoms with Gasteiger partial charge in [-0.05, 0) is 30.0 Å². The summed E-state index contributed by atoms with van der Waals surface area (Å²) >= 11 is 0. The smallest absolute Gasteiger partial charge is 0.0280 e. The highest BCUT2D eigenvalue weighted by Crippen LogP contribution is 2.18. The standard InChI is InChI=1S/C12H12/c1-9-6-7-12-10(2)4-3-5-11(12)8-9/h3-8H,1-2H3/i1D3,2D3. The van der Waals surface area contributed by atoms with Crippen molar-refractivity contribution in [1.82, 2.24) is 0 Å². The second-order valence-electron chi connectivity index (χ2n) is 2.74. The van der Waals surface area contributed by atoms with Gasteiger partial charge in [-0.3, -0.25) is 0 Å². The van der Waals surface area contributed by atoms with E-state index in [9.17, 15) is 0 Å². The van der Waals surface area contributed by atoms with Crippen LogP contribution in [-0.2, 0) is 0 Å². The normalized spacial score (nSPS) is 20.0. The Bertz CT molecular complexity index is 579. The van der Waals surface area contributed by atoms with Crippen molar-refractivity contribution in [2.75, 3.05) is 0 Å². The summed E-state index contributed by atoms with van der Waals surface area (Å²) in [7, 11) is 0. The molecule has 2 rings (SSSR count). The Hall–Kier alpha value is -1.30. The van der Waals surface area contributed by atoms with Gasteiger partial charge in [0, 0.05) is 8.22 Å². The van der Waals surface area contributed by atoms with Crippen LogP contribution in [0, 0.1) is 13.7 Å². The van der Waals surface area contributed by atoms with Crippen molar-refractivity contribution in [3.8, 4) is 0 Å². The minimum absolute atomic E-state index is 0.220. The van der Waals surface area contributed by atoms with E-state index in [2.05, 4.69) is 0 Å². The van der Waals surface area contributed by atoms with Crippen molar-refractivity contribution in [3.05, 3.63) is 47.5 Å². The van der Waals surface area contributed by atoms with Crippen molar-refractivity contribution >= 4 is 10.8 Å². The van der Waals surface area contributed by atoms with Gasteiger partial charge in [-0.25, -0.2) is 0 Å². The third-order valence-corrected chi connectivity index (χ3v) is 1.88. The maximum atomic E-state index is 7.45. The molecule has 0 saturated heterocycles. The Labute approximate surface area is 81.3 Å². The van der Waals surface area contributed by atoms with Gasteiger partial charge in [-0.1, -0.05) is 42.0 Å². The first-order chi connectivity index (χ1) is 8.19. The van der Waals surface area contributed by atoms with Crippen LogP contribution in [0.2, 0.25) is 0 Å². The number of fused-ring (bicyclic) bond motifs is 1. The summed E-state index contributed by atoms with van der Waals surface area (Å²) in [5.74, 6) is 0. The Kier molecular flexibility index (Phi) is 0.705. The van der Waals surface area contributed by atoms with Crippen LogP contribution in [0.15, 0.2) is 36.4 Å². The van der Waals surface area contributed by atoms with Crippen molar-refractivity contribution in [1.29, 1.82) is 0 Å². The summed E-state index contributed by atoms with van der Waals surface area (Å²) in [6.07, 6.45) is 0. The van der Waals surface area contributed by atoms with Crippen LogP contribution in [0.1, 0.15) is 19.4 Å². The second-order valence-corrected chi connectivity index (χ2v) is 2.74. The molecule has 2 aromatic carbocycles. The predicted molar refractivity (Wildman–Crippen MR) is 53.4 cm³/mol. The zero-order valence-corrected chi connectivity index (χ0v) is 6.46. The molecule has 0 atom stereocenters. The van der Waals surface area contributed by atoms with Crippen molar-refractivity contribution < 1.29 is 8.22 Å². The fourth-order valence-corrected chi connectivity index (χ4v) is 1.28. The molecule has 0 nitrogen and oxygen atoms in total. The van der Waals surface area contributed by atoms with Crippen LogP contribution in [0.5, 0.6) is 0 Å². The molecule has 0 aliphatic rings. The molecule has 0 N–H and O–H groups in total. The Balaban J connectivity index is 2.68. The number of hydrogen-bond donors (Lipinski definition) is 0. The molecular weight excluding hydrogens is 144 g/mol. The zero-order valence-electron chi connectivity index (χ0n) is 12.5. The molecule has 0 aliphatic carbocycles. The molecule has 0 heteroatoms. The van der Waals surface area contributed by atoms with E-state index in [-0.39, 0.29) is 11.1 Å². The van der Waals surface area contributed by atoms with E-state index in [0.29, 0.717) is 10.8 Å². The lowest BCUT2D eigenvalue weighted by Crippen LogP contribution is -1.78. The molecule has 60 valence electrons. The minimum atomic E-state index is -2.19. The van der Waals surface area contributed by atoms with Crippen LogP contribution >= 0.6 is 0 Å². The first-order valence-corrected chi connectivity index (χ1v) is 3.73. The maximum Gasteiger partial charge on any atom is 0.0280 e. The molecule has 2 aromatic rings. The highest BCUT2D eigenvalue weighted by Gasteiger charge is 1.94. The summed E-state index contributed by atoms with van der Waals surface area (Å²) in [6.45, 7) is -4.37. The largest absolute Gasteiger partial charge is 0.0614 e. The highest BCUT2D eigenvalue weighted by atomic mass is 14.0. The molecule has 0 fully saturated rings. The Morgan fingerprint density at radius 2 is 2.08 bits per heavy atom. The summed E-state index contributed by atoms with van der Waals surface area (Å²) < 4.78 is 44.4. The molecule has 0 amide bonds. The lowest BCUT2D eigenvalue weighted by atomic mass is 10.0. The van der Waals surface area contributed by atoms with Gasteiger partial charge in [0.15, 0.2) is 0 Å². The first kappa shape index (κ1) is 3.21. The minimum Gasteiger partial charge on any atom is -0.0614 e. The molecule has 0 bridgehead atoms. The highest BCUT2D eigenvalue weighted by molar-refractivity contribution is 5.85. The maximum absolute atomic E-state index is 7.45. The summed E-state index contributed by atoms with van der Waals surface area (Å²) in [5.41, 5.74) is 0.467. The lowest BCUT2D eigenvalue weighted by molar-refractivity contribution is 1.48. The number of hydrogen-bond acceptors (Lipinski definition) is 0. The second kappa shape index (κ2) is 2.63. The lowest BCUT2D eigenvalue weighted by Gasteiger charge is -2.01. The quantitative estimate of drug-likeness (QED) is 0.556. The molecule has 0 saturated carbocycles. The number of rotatable bonds is 0. The third kappa shape index (κ3) is 1.10. The van der Waals surface area contributed by atoms with E-state index >= 15 is 0 Å². The molecule has 0 unspecified atom stereocenters. The van der Waals surface area contributed by atoms with Gasteiger partial charge < -0.3 is 0 Å². The van der Waals surface area contributed by atoms with E-state index in [1.54, 1.807) is 24.3 Å². The Morgan fingerprint density at radius 3 is 2.92 bits per heavy atom. The monoisotopic (exact) mass is 162 g/mol. The van der Waals surface area contributed by atoms with Gasteiger partial charge in [0.25, 0.3) is 0 Å². The number of benzene rings is 2. The van der Waals surface area contributed by atoms with Crippen LogP contribution in [0.4, 0.5) is 0 Å². The molecular formula is C12H12. The van der Waals surface area contributed by atoms with Crippen molar-refractivity contribution in [3.63, 3.8) is 0 Å². The van der Waals surface area contributed by atoms with E-state index in [0.717, 1.165) is 0 Å². The first-order valence-electron chi connectivity index (χ1n) is 6.73. The van der Waals surface area contributed by atoms with Crippen LogP contribution in [-0.4, -0.2) is 0 Å². The van der Waals surface area contributed by atoms with Crippen molar-refractivity contribution in [2.24, 2.45) is 0 Å². The summed E-state index contributed by atoms with van der Waals surface area (Å²) in [5, 5.41) is 1.21. The molecule has 0 spiro atoms. The van der Waals surface area contributed by atoms with Gasteiger partial charge in [-0.2, -0.15) is 0 Å². The number of aryl methyl sites for hydroxylation is 2. The van der Waals surface area contributed by atoms with Crippen LogP contribution < -0.4 is 0 Å². The van der Waals surface area contributed by atoms with Crippen LogP contribution in [0.25, 0.3) is 10.8 Å². The van der Waals surface area contributed by atoms with E-state index in [1.165, 1.54) is 12.1 Å². The summed E-state index contributed by atoms with van der Waals surface area (Å²) in [6, 6.07) is 9.46. The van der Waals surface area contributed by atoms with Gasteiger partial charge in [0.05, 0.1) is 0 Å². The molecule has 0 aliphatic heterocycles. The third-order valence-electron chi connectivity index (χ3n) is 1.88. The summed E-state index contributed by atoms with van der Waals surface area (Å²) in [4.78, 5) is 0. The van der Waals surface area contributed by atoms with E-state index in [1.807, 2.05) is 0 Å². The average Bonchev–Trinajstić information content (AvgIpc) is 2.25. The van der Waals surface area contributed by atoms with Crippen molar-refractivity contribution in [2.45, 2.75) is 13.7 Å². The van der Waals surface area contributed by atoms with E-state index in [4.69, 9.17) is 8.22 Å². The van der Waals surface area contributed by atoms with Gasteiger partial charge in [0.1, 0.15) is 0 Å². The molecule has 0 radical (unpaired) electrons. The molecule has 0 aromatic heterocycles. The average molecular weight is 162 g/mol. The van der Waals surface area contributed by atoms with E-state index < -0.39 is 13.7 Å². The predicted octanol–water partition coefficient (Wildman–Crippen LogP) is 3.46. The topological polar surface area (TPSA) is 0 Å². The van der Waals surface area contributed by atoms with Gasteiger partial charge in [0.2, 0.25) is 0 Å². The fourth-order valence-electron chi connectivity index (χ4n) is 1.28. The van der Waals surface area contributed by atoms with Gasteiger partial charge in [-0.15, -0.1) is 0 Å². The van der Waals surface area contributed by atoms with Crippen LogP contribution in [0.3, 0.4) is 0 Å².